The van der Waals surface area contributed by atoms with Crippen LogP contribution in [0.3, 0.4) is 0 Å². The molecule has 0 spiro atoms. The normalized spacial score (nSPS) is 12.4. The number of hydrogen-bond acceptors (Lipinski definition) is 7. The lowest BCUT2D eigenvalue weighted by atomic mass is 10.1. The summed E-state index contributed by atoms with van der Waals surface area (Å²) < 4.78 is 42.4. The van der Waals surface area contributed by atoms with Gasteiger partial charge in [0.05, 0.1) is 18.8 Å². The van der Waals surface area contributed by atoms with Crippen molar-refractivity contribution in [2.24, 2.45) is 0 Å². The van der Waals surface area contributed by atoms with E-state index in [1.54, 1.807) is 31.4 Å². The van der Waals surface area contributed by atoms with Crippen molar-refractivity contribution in [3.63, 3.8) is 0 Å². The maximum atomic E-state index is 13.2. The van der Waals surface area contributed by atoms with Gasteiger partial charge in [0.1, 0.15) is 27.7 Å². The van der Waals surface area contributed by atoms with Gasteiger partial charge in [-0.15, -0.1) is 0 Å². The van der Waals surface area contributed by atoms with Crippen LogP contribution in [0.25, 0.3) is 11.0 Å². The highest BCUT2D eigenvalue weighted by atomic mass is 32.2. The maximum Gasteiger partial charge on any atom is 0.243 e. The van der Waals surface area contributed by atoms with Gasteiger partial charge in [-0.3, -0.25) is 4.79 Å². The van der Waals surface area contributed by atoms with Crippen molar-refractivity contribution in [1.82, 2.24) is 18.8 Å². The van der Waals surface area contributed by atoms with Crippen molar-refractivity contribution in [2.45, 2.75) is 23.9 Å². The molecule has 3 aromatic carbocycles. The molecule has 0 aliphatic heterocycles. The summed E-state index contributed by atoms with van der Waals surface area (Å²) >= 11 is 0.939. The Bertz CT molecular complexity index is 1340. The first-order valence-electron chi connectivity index (χ1n) is 10.1. The summed E-state index contributed by atoms with van der Waals surface area (Å²) in [5, 5.41) is 2.83. The zero-order chi connectivity index (χ0) is 23.3. The van der Waals surface area contributed by atoms with Crippen LogP contribution in [0.15, 0.2) is 77.7 Å². The predicted octanol–water partition coefficient (Wildman–Crippen LogP) is 2.91. The molecule has 1 aromatic heterocycles. The van der Waals surface area contributed by atoms with Gasteiger partial charge in [-0.2, -0.15) is 13.5 Å². The second kappa shape index (κ2) is 10.1. The Hall–Kier alpha value is -3.34. The highest BCUT2D eigenvalue weighted by Crippen LogP contribution is 2.21. The monoisotopic (exact) mass is 482 g/mol. The van der Waals surface area contributed by atoms with Crippen LogP contribution in [0.1, 0.15) is 11.1 Å². The molecular formula is C23H22N4O4S2. The molecule has 0 saturated carbocycles. The van der Waals surface area contributed by atoms with Crippen LogP contribution < -0.4 is 14.8 Å². The number of fused-ring (bicyclic) bond motifs is 1. The van der Waals surface area contributed by atoms with Crippen LogP contribution >= 0.6 is 11.7 Å². The van der Waals surface area contributed by atoms with Gasteiger partial charge >= 0.3 is 0 Å². The van der Waals surface area contributed by atoms with Crippen molar-refractivity contribution in [2.75, 3.05) is 7.11 Å². The zero-order valence-corrected chi connectivity index (χ0v) is 19.4. The van der Waals surface area contributed by atoms with Crippen LogP contribution in [0.4, 0.5) is 0 Å². The van der Waals surface area contributed by atoms with Crippen LogP contribution in [0.2, 0.25) is 0 Å². The van der Waals surface area contributed by atoms with Crippen molar-refractivity contribution >= 4 is 38.7 Å². The lowest BCUT2D eigenvalue weighted by molar-refractivity contribution is -0.122. The van der Waals surface area contributed by atoms with Gasteiger partial charge in [-0.05, 0) is 41.8 Å². The Balaban J connectivity index is 1.56. The van der Waals surface area contributed by atoms with Crippen LogP contribution in [-0.4, -0.2) is 36.2 Å². The van der Waals surface area contributed by atoms with Crippen molar-refractivity contribution in [1.29, 1.82) is 0 Å². The Labute approximate surface area is 196 Å². The third-order valence-electron chi connectivity index (χ3n) is 5.06. The van der Waals surface area contributed by atoms with E-state index in [2.05, 4.69) is 18.8 Å². The second-order valence-corrected chi connectivity index (χ2v) is 9.53. The van der Waals surface area contributed by atoms with E-state index in [-0.39, 0.29) is 23.4 Å². The number of amides is 1. The van der Waals surface area contributed by atoms with Crippen molar-refractivity contribution in [3.05, 3.63) is 83.9 Å². The number of benzene rings is 3. The zero-order valence-electron chi connectivity index (χ0n) is 17.8. The second-order valence-electron chi connectivity index (χ2n) is 7.32. The van der Waals surface area contributed by atoms with E-state index in [1.807, 2.05) is 42.5 Å². The molecule has 0 bridgehead atoms. The maximum absolute atomic E-state index is 13.2. The smallest absolute Gasteiger partial charge is 0.243 e. The molecule has 0 aliphatic carbocycles. The van der Waals surface area contributed by atoms with Crippen LogP contribution in [0, 0.1) is 0 Å². The Morgan fingerprint density at radius 2 is 1.73 bits per heavy atom. The number of ether oxygens (including phenoxy) is 1. The number of rotatable bonds is 9. The fraction of sp³-hybridized carbons (Fsp3) is 0.174. The molecule has 0 fully saturated rings. The molecule has 4 rings (SSSR count). The first kappa shape index (κ1) is 22.8. The summed E-state index contributed by atoms with van der Waals surface area (Å²) in [6.45, 7) is 0.251. The number of hydrogen-bond donors (Lipinski definition) is 2. The highest BCUT2D eigenvalue weighted by molar-refractivity contribution is 7.89. The SMILES string of the molecule is COc1ccc(CNC(=O)[C@H](Cc2ccccc2)NS(=O)(=O)c2cccc3nsnc23)cc1. The predicted molar refractivity (Wildman–Crippen MR) is 127 cm³/mol. The number of nitrogens with one attached hydrogen (secondary N) is 2. The van der Waals surface area contributed by atoms with E-state index in [0.29, 0.717) is 11.3 Å². The van der Waals surface area contributed by atoms with Gasteiger partial charge < -0.3 is 10.1 Å². The van der Waals surface area contributed by atoms with Gasteiger partial charge in [0.25, 0.3) is 0 Å². The van der Waals surface area contributed by atoms with Crippen molar-refractivity contribution < 1.29 is 17.9 Å². The number of sulfonamides is 1. The molecule has 33 heavy (non-hydrogen) atoms. The lowest BCUT2D eigenvalue weighted by Gasteiger charge is -2.19. The topological polar surface area (TPSA) is 110 Å². The molecular weight excluding hydrogens is 460 g/mol. The minimum atomic E-state index is -4.04. The summed E-state index contributed by atoms with van der Waals surface area (Å²) in [4.78, 5) is 13.1. The fourth-order valence-corrected chi connectivity index (χ4v) is 5.30. The van der Waals surface area contributed by atoms with Gasteiger partial charge in [0.15, 0.2) is 0 Å². The molecule has 0 unspecified atom stereocenters. The first-order chi connectivity index (χ1) is 16.0. The highest BCUT2D eigenvalue weighted by Gasteiger charge is 2.28. The van der Waals surface area contributed by atoms with E-state index in [0.717, 1.165) is 22.9 Å². The van der Waals surface area contributed by atoms with Gasteiger partial charge in [0.2, 0.25) is 15.9 Å². The number of carbonyl (C=O) groups excluding carboxylic acids is 1. The number of nitrogens with zero attached hydrogens (tertiary/aromatic N) is 2. The van der Waals surface area contributed by atoms with E-state index in [9.17, 15) is 13.2 Å². The summed E-state index contributed by atoms with van der Waals surface area (Å²) in [7, 11) is -2.45. The Morgan fingerprint density at radius 3 is 2.45 bits per heavy atom. The van der Waals surface area contributed by atoms with Crippen molar-refractivity contribution in [3.8, 4) is 5.75 Å². The molecule has 0 saturated heterocycles. The Kier molecular flexibility index (Phi) is 6.97. The van der Waals surface area contributed by atoms with Gasteiger partial charge in [0, 0.05) is 6.54 Å². The summed E-state index contributed by atoms with van der Waals surface area (Å²) in [5.41, 5.74) is 2.47. The third-order valence-corrected chi connectivity index (χ3v) is 7.11. The first-order valence-corrected chi connectivity index (χ1v) is 12.4. The Morgan fingerprint density at radius 1 is 0.970 bits per heavy atom. The summed E-state index contributed by atoms with van der Waals surface area (Å²) in [5.74, 6) is 0.285. The van der Waals surface area contributed by atoms with E-state index >= 15 is 0 Å². The minimum Gasteiger partial charge on any atom is -0.497 e. The van der Waals surface area contributed by atoms with Crippen LogP contribution in [-0.2, 0) is 27.8 Å². The van der Waals surface area contributed by atoms with Gasteiger partial charge in [-0.25, -0.2) is 8.42 Å². The lowest BCUT2D eigenvalue weighted by Crippen LogP contribution is -2.47. The molecule has 10 heteroatoms. The summed E-state index contributed by atoms with van der Waals surface area (Å²) in [6.07, 6.45) is 0.194. The standard InChI is InChI=1S/C23H22N4O4S2/c1-31-18-12-10-17(11-13-18)15-24-23(28)20(14-16-6-3-2-4-7-16)27-33(29,30)21-9-5-8-19-22(21)26-32-25-19/h2-13,20,27H,14-15H2,1H3,(H,24,28)/t20-/m0/s1. The number of methoxy groups -OCH3 is 1. The fourth-order valence-electron chi connectivity index (χ4n) is 3.34. The van der Waals surface area contributed by atoms with E-state index in [1.165, 1.54) is 6.07 Å². The molecule has 1 amide bonds. The molecule has 4 aromatic rings. The largest absolute Gasteiger partial charge is 0.497 e. The third kappa shape index (κ3) is 5.54. The number of aromatic nitrogens is 2. The summed E-state index contributed by atoms with van der Waals surface area (Å²) in [6, 6.07) is 20.3. The molecule has 8 nitrogen and oxygen atoms in total. The van der Waals surface area contributed by atoms with E-state index < -0.39 is 22.0 Å². The molecule has 0 radical (unpaired) electrons. The molecule has 170 valence electrons. The average Bonchev–Trinajstić information content (AvgIpc) is 3.32. The number of carbonyl (C=O) groups is 1. The van der Waals surface area contributed by atoms with E-state index in [4.69, 9.17) is 4.74 Å². The van der Waals surface area contributed by atoms with Crippen LogP contribution in [0.5, 0.6) is 5.75 Å². The molecule has 0 aliphatic rings. The quantitative estimate of drug-likeness (QED) is 0.380. The van der Waals surface area contributed by atoms with Gasteiger partial charge in [-0.1, -0.05) is 48.5 Å². The minimum absolute atomic E-state index is 0.00485. The average molecular weight is 483 g/mol. The molecule has 1 atom stereocenters. The molecule has 2 N–H and O–H groups in total. The molecule has 1 heterocycles.